The van der Waals surface area contributed by atoms with E-state index in [0.29, 0.717) is 3.57 Å². The van der Waals surface area contributed by atoms with Gasteiger partial charge in [-0.15, -0.1) is 0 Å². The third-order valence-corrected chi connectivity index (χ3v) is 4.83. The fourth-order valence-corrected chi connectivity index (χ4v) is 2.98. The Balaban J connectivity index is 1.84. The van der Waals surface area contributed by atoms with Crippen molar-refractivity contribution in [1.82, 2.24) is 5.48 Å². The van der Waals surface area contributed by atoms with E-state index in [0.717, 1.165) is 25.0 Å². The first-order chi connectivity index (χ1) is 12.9. The van der Waals surface area contributed by atoms with Crippen molar-refractivity contribution in [3.63, 3.8) is 0 Å². The van der Waals surface area contributed by atoms with E-state index in [4.69, 9.17) is 4.84 Å². The Labute approximate surface area is 167 Å². The fourth-order valence-electron chi connectivity index (χ4n) is 2.52. The summed E-state index contributed by atoms with van der Waals surface area (Å²) in [5, 5.41) is 11.7. The number of carbonyl (C=O) groups excluding carboxylic acids is 1. The molecule has 5 nitrogen and oxygen atoms in total. The standard InChI is InChI=1S/C18H16F3IN2O3/c19-12-5-4-11(18(26)24-27-15(8-25)9-1-2-9)17(16(12)21)23-14-6-3-10(22)7-13(14)20/h3-7,9,15,23,25H,1-2,8H2,(H,24,26). The third-order valence-electron chi connectivity index (χ3n) is 4.16. The molecule has 0 aromatic heterocycles. The highest BCUT2D eigenvalue weighted by Gasteiger charge is 2.32. The molecule has 1 aliphatic carbocycles. The van der Waals surface area contributed by atoms with Gasteiger partial charge in [-0.3, -0.25) is 9.63 Å². The van der Waals surface area contributed by atoms with Crippen LogP contribution in [0, 0.1) is 26.9 Å². The SMILES string of the molecule is O=C(NOC(CO)C1CC1)c1ccc(F)c(F)c1Nc1ccc(I)cc1F. The summed E-state index contributed by atoms with van der Waals surface area (Å²) in [6, 6.07) is 6.01. The highest BCUT2D eigenvalue weighted by Crippen LogP contribution is 2.34. The number of hydrogen-bond donors (Lipinski definition) is 3. The van der Waals surface area contributed by atoms with Crippen molar-refractivity contribution < 1.29 is 27.9 Å². The number of hydrogen-bond acceptors (Lipinski definition) is 4. The van der Waals surface area contributed by atoms with Crippen molar-refractivity contribution in [2.75, 3.05) is 11.9 Å². The number of nitrogens with one attached hydrogen (secondary N) is 2. The van der Waals surface area contributed by atoms with Crippen molar-refractivity contribution >= 4 is 39.9 Å². The number of carbonyl (C=O) groups is 1. The van der Waals surface area contributed by atoms with Crippen molar-refractivity contribution in [1.29, 1.82) is 0 Å². The van der Waals surface area contributed by atoms with Gasteiger partial charge in [-0.05, 0) is 71.7 Å². The molecule has 0 saturated heterocycles. The van der Waals surface area contributed by atoms with Crippen LogP contribution in [-0.4, -0.2) is 23.7 Å². The first-order valence-corrected chi connectivity index (χ1v) is 9.25. The second-order valence-corrected chi connectivity index (χ2v) is 7.39. The maximum absolute atomic E-state index is 14.3. The summed E-state index contributed by atoms with van der Waals surface area (Å²) in [7, 11) is 0. The highest BCUT2D eigenvalue weighted by molar-refractivity contribution is 14.1. The summed E-state index contributed by atoms with van der Waals surface area (Å²) in [6.07, 6.45) is 1.19. The summed E-state index contributed by atoms with van der Waals surface area (Å²) >= 11 is 1.91. The first-order valence-electron chi connectivity index (χ1n) is 8.17. The molecule has 1 fully saturated rings. The van der Waals surface area contributed by atoms with E-state index >= 15 is 0 Å². The van der Waals surface area contributed by atoms with Crippen LogP contribution in [0.5, 0.6) is 0 Å². The van der Waals surface area contributed by atoms with Crippen LogP contribution < -0.4 is 10.8 Å². The van der Waals surface area contributed by atoms with Crippen LogP contribution in [0.2, 0.25) is 0 Å². The second kappa shape index (κ2) is 8.44. The molecule has 3 N–H and O–H groups in total. The van der Waals surface area contributed by atoms with E-state index in [1.165, 1.54) is 12.1 Å². The van der Waals surface area contributed by atoms with Crippen LogP contribution >= 0.6 is 22.6 Å². The molecule has 1 aliphatic rings. The minimum Gasteiger partial charge on any atom is -0.394 e. The number of rotatable bonds is 7. The first kappa shape index (κ1) is 19.9. The van der Waals surface area contributed by atoms with E-state index in [1.807, 2.05) is 22.6 Å². The second-order valence-electron chi connectivity index (χ2n) is 6.14. The molecule has 0 aliphatic heterocycles. The van der Waals surface area contributed by atoms with Gasteiger partial charge in [0.25, 0.3) is 5.91 Å². The number of amides is 1. The molecule has 1 atom stereocenters. The predicted molar refractivity (Wildman–Crippen MR) is 101 cm³/mol. The van der Waals surface area contributed by atoms with Gasteiger partial charge in [-0.2, -0.15) is 0 Å². The van der Waals surface area contributed by atoms with Crippen LogP contribution in [0.25, 0.3) is 0 Å². The van der Waals surface area contributed by atoms with E-state index < -0.39 is 35.2 Å². The van der Waals surface area contributed by atoms with Gasteiger partial charge in [-0.25, -0.2) is 18.7 Å². The van der Waals surface area contributed by atoms with Crippen molar-refractivity contribution in [2.24, 2.45) is 5.92 Å². The van der Waals surface area contributed by atoms with E-state index in [-0.39, 0.29) is 23.8 Å². The molecule has 0 radical (unpaired) electrons. The minimum atomic E-state index is -1.32. The van der Waals surface area contributed by atoms with E-state index in [2.05, 4.69) is 10.8 Å². The van der Waals surface area contributed by atoms with Gasteiger partial charge >= 0.3 is 0 Å². The molecule has 144 valence electrons. The van der Waals surface area contributed by atoms with Crippen LogP contribution in [-0.2, 0) is 4.84 Å². The summed E-state index contributed by atoms with van der Waals surface area (Å²) in [6.45, 7) is -0.276. The molecule has 1 saturated carbocycles. The normalized spacial score (nSPS) is 14.7. The van der Waals surface area contributed by atoms with Crippen LogP contribution in [0.4, 0.5) is 24.5 Å². The van der Waals surface area contributed by atoms with Gasteiger partial charge in [0.05, 0.1) is 23.5 Å². The number of hydroxylamine groups is 1. The van der Waals surface area contributed by atoms with Gasteiger partial charge < -0.3 is 10.4 Å². The summed E-state index contributed by atoms with van der Waals surface area (Å²) in [5.74, 6) is -3.88. The molecule has 9 heteroatoms. The Morgan fingerprint density at radius 2 is 1.96 bits per heavy atom. The molecular weight excluding hydrogens is 476 g/mol. The number of halogens is 4. The monoisotopic (exact) mass is 492 g/mol. The number of aliphatic hydroxyl groups is 1. The maximum Gasteiger partial charge on any atom is 0.277 e. The smallest absolute Gasteiger partial charge is 0.277 e. The third kappa shape index (κ3) is 4.71. The predicted octanol–water partition coefficient (Wildman–Crippen LogP) is 3.88. The summed E-state index contributed by atoms with van der Waals surface area (Å²) in [4.78, 5) is 17.6. The van der Waals surface area contributed by atoms with Gasteiger partial charge in [0.2, 0.25) is 0 Å². The zero-order valence-electron chi connectivity index (χ0n) is 13.9. The van der Waals surface area contributed by atoms with Crippen molar-refractivity contribution in [2.45, 2.75) is 18.9 Å². The molecule has 0 bridgehead atoms. The van der Waals surface area contributed by atoms with Crippen molar-refractivity contribution in [3.05, 3.63) is 56.9 Å². The molecule has 2 aromatic carbocycles. The average Bonchev–Trinajstić information content (AvgIpc) is 3.46. The topological polar surface area (TPSA) is 70.6 Å². The molecule has 0 spiro atoms. The molecule has 1 unspecified atom stereocenters. The van der Waals surface area contributed by atoms with Crippen molar-refractivity contribution in [3.8, 4) is 0 Å². The Hall–Kier alpha value is -1.85. The summed E-state index contributed by atoms with van der Waals surface area (Å²) in [5.41, 5.74) is 1.26. The molecular formula is C18H16F3IN2O3. The quantitative estimate of drug-likeness (QED) is 0.406. The highest BCUT2D eigenvalue weighted by atomic mass is 127. The zero-order chi connectivity index (χ0) is 19.6. The molecule has 27 heavy (non-hydrogen) atoms. The lowest BCUT2D eigenvalue weighted by Crippen LogP contribution is -2.33. The number of benzene rings is 2. The van der Waals surface area contributed by atoms with Gasteiger partial charge in [0, 0.05) is 3.57 Å². The Morgan fingerprint density at radius 1 is 1.22 bits per heavy atom. The van der Waals surface area contributed by atoms with Gasteiger partial charge in [0.15, 0.2) is 11.6 Å². The lowest BCUT2D eigenvalue weighted by Gasteiger charge is -2.17. The van der Waals surface area contributed by atoms with E-state index in [1.54, 1.807) is 6.07 Å². The Bertz CT molecular complexity index is 862. The molecule has 2 aromatic rings. The number of aliphatic hydroxyl groups excluding tert-OH is 1. The lowest BCUT2D eigenvalue weighted by molar-refractivity contribution is -0.0497. The molecule has 1 amide bonds. The summed E-state index contributed by atoms with van der Waals surface area (Å²) < 4.78 is 42.6. The van der Waals surface area contributed by atoms with Crippen LogP contribution in [0.15, 0.2) is 30.3 Å². The van der Waals surface area contributed by atoms with Crippen LogP contribution in [0.3, 0.4) is 0 Å². The van der Waals surface area contributed by atoms with Gasteiger partial charge in [0.1, 0.15) is 11.9 Å². The molecule has 0 heterocycles. The Kier molecular flexibility index (Phi) is 6.22. The molecule has 3 rings (SSSR count). The zero-order valence-corrected chi connectivity index (χ0v) is 16.1. The maximum atomic E-state index is 14.3. The lowest BCUT2D eigenvalue weighted by atomic mass is 10.1. The van der Waals surface area contributed by atoms with Crippen LogP contribution in [0.1, 0.15) is 23.2 Å². The van der Waals surface area contributed by atoms with E-state index in [9.17, 15) is 23.1 Å². The number of anilines is 2. The largest absolute Gasteiger partial charge is 0.394 e. The minimum absolute atomic E-state index is 0.110. The fraction of sp³-hybridized carbons (Fsp3) is 0.278. The Morgan fingerprint density at radius 3 is 2.59 bits per heavy atom. The van der Waals surface area contributed by atoms with Gasteiger partial charge in [-0.1, -0.05) is 0 Å². The average molecular weight is 492 g/mol.